The smallest absolute Gasteiger partial charge is 0.273 e. The molecule has 1 atom stereocenters. The van der Waals surface area contributed by atoms with E-state index < -0.39 is 49.9 Å². The van der Waals surface area contributed by atoms with Crippen LogP contribution < -0.4 is 14.4 Å². The van der Waals surface area contributed by atoms with E-state index in [1.54, 1.807) is 6.92 Å². The van der Waals surface area contributed by atoms with E-state index in [1.165, 1.54) is 49.3 Å². The van der Waals surface area contributed by atoms with Crippen LogP contribution in [-0.2, 0) is 32.6 Å². The van der Waals surface area contributed by atoms with Gasteiger partial charge in [0.2, 0.25) is 11.8 Å². The molecule has 4 aromatic rings. The van der Waals surface area contributed by atoms with E-state index in [0.29, 0.717) is 6.54 Å². The number of carbonyl (C=O) groups excluding carboxylic acids is 2. The Balaban J connectivity index is 1.89. The second kappa shape index (κ2) is 15.8. The van der Waals surface area contributed by atoms with Crippen molar-refractivity contribution >= 4 is 44.8 Å². The van der Waals surface area contributed by atoms with Gasteiger partial charge in [0.1, 0.15) is 18.3 Å². The zero-order valence-corrected chi connectivity index (χ0v) is 28.6. The first kappa shape index (κ1) is 35.9. The summed E-state index contributed by atoms with van der Waals surface area (Å²) in [7, 11) is -3.32. The minimum absolute atomic E-state index is 0.00326. The fraction of sp³-hybridized carbons (Fsp3) is 0.257. The van der Waals surface area contributed by atoms with E-state index >= 15 is 0 Å². The molecule has 0 spiro atoms. The maximum Gasteiger partial charge on any atom is 0.273 e. The van der Waals surface area contributed by atoms with Crippen LogP contribution >= 0.6 is 11.6 Å². The van der Waals surface area contributed by atoms with Gasteiger partial charge in [0.25, 0.3) is 15.7 Å². The molecule has 4 rings (SSSR count). The van der Waals surface area contributed by atoms with E-state index in [9.17, 15) is 28.1 Å². The highest BCUT2D eigenvalue weighted by Gasteiger charge is 2.36. The van der Waals surface area contributed by atoms with Crippen LogP contribution in [0.4, 0.5) is 11.4 Å². The topological polar surface area (TPSA) is 139 Å². The molecule has 0 aliphatic rings. The molecule has 252 valence electrons. The zero-order valence-electron chi connectivity index (χ0n) is 27.1. The summed E-state index contributed by atoms with van der Waals surface area (Å²) in [4.78, 5) is 40.4. The molecule has 0 radical (unpaired) electrons. The van der Waals surface area contributed by atoms with E-state index in [-0.39, 0.29) is 35.0 Å². The summed E-state index contributed by atoms with van der Waals surface area (Å²) in [6, 6.07) is 23.4. The molecule has 0 aliphatic heterocycles. The standard InChI is InChI=1S/C35H37ClN4O7S/c1-5-37-35(42)32(19-26-12-7-6-8-13-26)38(22-27-14-10-9-11-24(27)2)34(41)23-39(31-20-28(36)16-18-33(31)47-4)48(45,46)29-17-15-25(3)30(21-29)40(43)44/h6-18,20-21,32H,5,19,22-23H2,1-4H3,(H,37,42). The van der Waals surface area contributed by atoms with Crippen LogP contribution in [0.1, 0.15) is 29.2 Å². The normalized spacial score (nSPS) is 11.8. The van der Waals surface area contributed by atoms with Crippen molar-refractivity contribution < 1.29 is 27.7 Å². The number of carbonyl (C=O) groups is 2. The first-order chi connectivity index (χ1) is 22.9. The first-order valence-electron chi connectivity index (χ1n) is 15.1. The predicted octanol–water partition coefficient (Wildman–Crippen LogP) is 5.85. The second-order valence-electron chi connectivity index (χ2n) is 11.1. The van der Waals surface area contributed by atoms with Crippen LogP contribution in [0.2, 0.25) is 5.02 Å². The summed E-state index contributed by atoms with van der Waals surface area (Å²) in [5.74, 6) is -1.02. The van der Waals surface area contributed by atoms with Crippen LogP contribution in [-0.4, -0.2) is 56.3 Å². The van der Waals surface area contributed by atoms with Crippen LogP contribution in [0.3, 0.4) is 0 Å². The van der Waals surface area contributed by atoms with Gasteiger partial charge in [-0.05, 0) is 61.7 Å². The molecule has 0 aromatic heterocycles. The van der Waals surface area contributed by atoms with Gasteiger partial charge < -0.3 is 15.0 Å². The molecule has 2 amide bonds. The number of halogens is 1. The monoisotopic (exact) mass is 692 g/mol. The highest BCUT2D eigenvalue weighted by Crippen LogP contribution is 2.36. The van der Waals surface area contributed by atoms with Gasteiger partial charge in [0, 0.05) is 36.2 Å². The molecule has 13 heteroatoms. The Morgan fingerprint density at radius 1 is 0.958 bits per heavy atom. The fourth-order valence-corrected chi connectivity index (χ4v) is 6.87. The quantitative estimate of drug-likeness (QED) is 0.129. The Bertz CT molecular complexity index is 1900. The number of nitro benzene ring substituents is 1. The maximum absolute atomic E-state index is 14.6. The Hall–Kier alpha value is -4.94. The lowest BCUT2D eigenvalue weighted by Gasteiger charge is -2.34. The predicted molar refractivity (Wildman–Crippen MR) is 185 cm³/mol. The van der Waals surface area contributed by atoms with Gasteiger partial charge in [-0.15, -0.1) is 0 Å². The van der Waals surface area contributed by atoms with E-state index in [1.807, 2.05) is 61.5 Å². The molecular weight excluding hydrogens is 656 g/mol. The number of amides is 2. The van der Waals surface area contributed by atoms with Gasteiger partial charge in [-0.3, -0.25) is 24.0 Å². The number of anilines is 1. The molecule has 48 heavy (non-hydrogen) atoms. The Kier molecular flexibility index (Phi) is 11.8. The van der Waals surface area contributed by atoms with Gasteiger partial charge in [-0.1, -0.05) is 72.3 Å². The van der Waals surface area contributed by atoms with Crippen molar-refractivity contribution in [2.45, 2.75) is 44.7 Å². The van der Waals surface area contributed by atoms with Gasteiger partial charge in [0.15, 0.2) is 0 Å². The third-order valence-corrected chi connectivity index (χ3v) is 9.87. The van der Waals surface area contributed by atoms with Gasteiger partial charge in [0.05, 0.1) is 22.6 Å². The summed E-state index contributed by atoms with van der Waals surface area (Å²) in [5.41, 5.74) is 2.23. The molecule has 0 saturated carbocycles. The van der Waals surface area contributed by atoms with E-state index in [2.05, 4.69) is 5.32 Å². The number of hydrogen-bond acceptors (Lipinski definition) is 7. The molecule has 1 unspecified atom stereocenters. The summed E-state index contributed by atoms with van der Waals surface area (Å²) < 4.78 is 35.1. The SMILES string of the molecule is CCNC(=O)C(Cc1ccccc1)N(Cc1ccccc1C)C(=O)CN(c1cc(Cl)ccc1OC)S(=O)(=O)c1ccc(C)c([N+](=O)[O-])c1. The third-order valence-electron chi connectivity index (χ3n) is 7.88. The van der Waals surface area contributed by atoms with Gasteiger partial charge in [-0.25, -0.2) is 8.42 Å². The molecule has 0 fully saturated rings. The highest BCUT2D eigenvalue weighted by molar-refractivity contribution is 7.92. The number of nitro groups is 1. The average Bonchev–Trinajstić information content (AvgIpc) is 3.06. The minimum atomic E-state index is -4.66. The lowest BCUT2D eigenvalue weighted by molar-refractivity contribution is -0.385. The van der Waals surface area contributed by atoms with Gasteiger partial charge in [-0.2, -0.15) is 0 Å². The van der Waals surface area contributed by atoms with Crippen molar-refractivity contribution in [2.75, 3.05) is 24.5 Å². The van der Waals surface area contributed by atoms with Crippen molar-refractivity contribution in [2.24, 2.45) is 0 Å². The van der Waals surface area contributed by atoms with E-state index in [0.717, 1.165) is 27.1 Å². The lowest BCUT2D eigenvalue weighted by Crippen LogP contribution is -2.53. The number of benzene rings is 4. The Morgan fingerprint density at radius 3 is 2.29 bits per heavy atom. The van der Waals surface area contributed by atoms with Crippen LogP contribution in [0.25, 0.3) is 0 Å². The average molecular weight is 693 g/mol. The number of ether oxygens (including phenoxy) is 1. The van der Waals surface area contributed by atoms with Crippen molar-refractivity contribution in [3.8, 4) is 5.75 Å². The summed E-state index contributed by atoms with van der Waals surface area (Å²) >= 11 is 6.33. The van der Waals surface area contributed by atoms with Crippen molar-refractivity contribution in [1.29, 1.82) is 0 Å². The molecule has 11 nitrogen and oxygen atoms in total. The number of nitrogens with zero attached hydrogens (tertiary/aromatic N) is 3. The van der Waals surface area contributed by atoms with Crippen molar-refractivity contribution in [3.05, 3.63) is 128 Å². The molecule has 0 bridgehead atoms. The van der Waals surface area contributed by atoms with Crippen LogP contribution in [0.15, 0.2) is 95.9 Å². The molecule has 0 heterocycles. The number of hydrogen-bond donors (Lipinski definition) is 1. The maximum atomic E-state index is 14.6. The number of aryl methyl sites for hydroxylation is 2. The number of likely N-dealkylation sites (N-methyl/N-ethyl adjacent to an activating group) is 1. The number of sulfonamides is 1. The molecule has 1 N–H and O–H groups in total. The van der Waals surface area contributed by atoms with Crippen LogP contribution in [0.5, 0.6) is 5.75 Å². The molecule has 4 aromatic carbocycles. The summed E-state index contributed by atoms with van der Waals surface area (Å²) in [5, 5.41) is 14.7. The van der Waals surface area contributed by atoms with Gasteiger partial charge >= 0.3 is 0 Å². The number of methoxy groups -OCH3 is 1. The Labute approximate surface area is 285 Å². The summed E-state index contributed by atoms with van der Waals surface area (Å²) in [6.07, 6.45) is 0.154. The molecule has 0 saturated heterocycles. The first-order valence-corrected chi connectivity index (χ1v) is 17.0. The number of rotatable bonds is 14. The highest BCUT2D eigenvalue weighted by atomic mass is 35.5. The largest absolute Gasteiger partial charge is 0.495 e. The van der Waals surface area contributed by atoms with Crippen molar-refractivity contribution in [1.82, 2.24) is 10.2 Å². The van der Waals surface area contributed by atoms with Crippen molar-refractivity contribution in [3.63, 3.8) is 0 Å². The Morgan fingerprint density at radius 2 is 1.65 bits per heavy atom. The second-order valence-corrected chi connectivity index (χ2v) is 13.4. The van der Waals surface area contributed by atoms with E-state index in [4.69, 9.17) is 16.3 Å². The number of nitrogens with one attached hydrogen (secondary N) is 1. The minimum Gasteiger partial charge on any atom is -0.495 e. The third kappa shape index (κ3) is 8.31. The molecular formula is C35H37ClN4O7S. The van der Waals surface area contributed by atoms with Crippen LogP contribution in [0, 0.1) is 24.0 Å². The summed E-state index contributed by atoms with van der Waals surface area (Å²) in [6.45, 7) is 4.67. The lowest BCUT2D eigenvalue weighted by atomic mass is 10.0. The zero-order chi connectivity index (χ0) is 35.0. The molecule has 0 aliphatic carbocycles. The fourth-order valence-electron chi connectivity index (χ4n) is 5.26.